The summed E-state index contributed by atoms with van der Waals surface area (Å²) in [5, 5.41) is 4.69. The topological polar surface area (TPSA) is 52.0 Å². The Bertz CT molecular complexity index is 1020. The third kappa shape index (κ3) is 3.42. The highest BCUT2D eigenvalue weighted by Crippen LogP contribution is 2.30. The van der Waals surface area contributed by atoms with E-state index in [2.05, 4.69) is 92.5 Å². The minimum absolute atomic E-state index is 0.268. The van der Waals surface area contributed by atoms with E-state index in [1.165, 1.54) is 10.8 Å². The van der Waals surface area contributed by atoms with Gasteiger partial charge in [-0.2, -0.15) is 0 Å². The Morgan fingerprint density at radius 1 is 0.500 bits per heavy atom. The molecule has 2 unspecified atom stereocenters. The molecule has 0 aliphatic rings. The number of benzene rings is 4. The minimum atomic E-state index is -0.268. The summed E-state index contributed by atoms with van der Waals surface area (Å²) in [4.78, 5) is 0. The van der Waals surface area contributed by atoms with E-state index in [0.717, 1.165) is 30.8 Å². The number of rotatable bonds is 3. The molecule has 0 amide bonds. The zero-order chi connectivity index (χ0) is 18.3. The van der Waals surface area contributed by atoms with Gasteiger partial charge in [0.2, 0.25) is 0 Å². The van der Waals surface area contributed by atoms with Crippen molar-refractivity contribution in [1.29, 1.82) is 0 Å². The Morgan fingerprint density at radius 2 is 0.846 bits per heavy atom. The lowest BCUT2D eigenvalue weighted by atomic mass is 9.92. The van der Waals surface area contributed by atoms with Crippen molar-refractivity contribution in [1.82, 2.24) is 0 Å². The number of hydrogen-bond donors (Lipinski definition) is 2. The first-order valence-electron chi connectivity index (χ1n) is 8.41. The average molecular weight is 470 g/mol. The van der Waals surface area contributed by atoms with E-state index in [1.807, 2.05) is 12.1 Å². The van der Waals surface area contributed by atoms with Gasteiger partial charge in [-0.3, -0.25) is 0 Å². The standard InChI is InChI=1S/C22H18Br2N2/c23-19-7-5-13-9-17(3-1-15(13)11-19)21(25)22(26)18-4-2-16-12-20(24)8-6-14(16)10-18/h1-12,21-22H,25-26H2. The fraction of sp³-hybridized carbons (Fsp3) is 0.0909. The molecule has 4 rings (SSSR count). The summed E-state index contributed by atoms with van der Waals surface area (Å²) >= 11 is 7.02. The molecule has 0 spiro atoms. The number of halogens is 2. The molecular formula is C22H18Br2N2. The van der Waals surface area contributed by atoms with Crippen molar-refractivity contribution < 1.29 is 0 Å². The molecule has 4 aromatic rings. The maximum absolute atomic E-state index is 6.52. The lowest BCUT2D eigenvalue weighted by Gasteiger charge is -2.21. The molecular weight excluding hydrogens is 452 g/mol. The Morgan fingerprint density at radius 3 is 1.27 bits per heavy atom. The van der Waals surface area contributed by atoms with E-state index >= 15 is 0 Å². The number of nitrogens with two attached hydrogens (primary N) is 2. The second-order valence-electron chi connectivity index (χ2n) is 6.55. The minimum Gasteiger partial charge on any atom is -0.322 e. The Hall–Kier alpha value is -1.72. The highest BCUT2D eigenvalue weighted by atomic mass is 79.9. The molecule has 0 aliphatic carbocycles. The molecule has 0 saturated carbocycles. The van der Waals surface area contributed by atoms with E-state index in [0.29, 0.717) is 0 Å². The van der Waals surface area contributed by atoms with Crippen molar-refractivity contribution in [2.75, 3.05) is 0 Å². The SMILES string of the molecule is NC(c1ccc2cc(Br)ccc2c1)C(N)c1ccc2cc(Br)ccc2c1. The van der Waals surface area contributed by atoms with Gasteiger partial charge in [0.25, 0.3) is 0 Å². The predicted molar refractivity (Wildman–Crippen MR) is 117 cm³/mol. The summed E-state index contributed by atoms with van der Waals surface area (Å²) in [5.41, 5.74) is 15.1. The van der Waals surface area contributed by atoms with E-state index in [9.17, 15) is 0 Å². The van der Waals surface area contributed by atoms with Crippen LogP contribution in [0, 0.1) is 0 Å². The average Bonchev–Trinajstić information content (AvgIpc) is 2.66. The van der Waals surface area contributed by atoms with Crippen LogP contribution in [0.2, 0.25) is 0 Å². The quantitative estimate of drug-likeness (QED) is 0.374. The first kappa shape index (κ1) is 17.7. The van der Waals surface area contributed by atoms with Gasteiger partial charge in [-0.15, -0.1) is 0 Å². The second kappa shape index (κ2) is 7.12. The first-order valence-corrected chi connectivity index (χ1v) is 9.99. The lowest BCUT2D eigenvalue weighted by molar-refractivity contribution is 0.575. The second-order valence-corrected chi connectivity index (χ2v) is 8.38. The van der Waals surface area contributed by atoms with Crippen LogP contribution < -0.4 is 11.5 Å². The molecule has 0 heterocycles. The molecule has 26 heavy (non-hydrogen) atoms. The molecule has 0 aliphatic heterocycles. The summed E-state index contributed by atoms with van der Waals surface area (Å²) in [6.45, 7) is 0. The Balaban J connectivity index is 1.67. The van der Waals surface area contributed by atoms with Crippen LogP contribution in [0.15, 0.2) is 81.7 Å². The van der Waals surface area contributed by atoms with Crippen LogP contribution in [0.5, 0.6) is 0 Å². The van der Waals surface area contributed by atoms with Crippen LogP contribution in [0.25, 0.3) is 21.5 Å². The van der Waals surface area contributed by atoms with Crippen molar-refractivity contribution in [3.05, 3.63) is 92.9 Å². The van der Waals surface area contributed by atoms with Gasteiger partial charge >= 0.3 is 0 Å². The van der Waals surface area contributed by atoms with Crippen LogP contribution in [-0.2, 0) is 0 Å². The van der Waals surface area contributed by atoms with Crippen molar-refractivity contribution in [3.63, 3.8) is 0 Å². The van der Waals surface area contributed by atoms with Gasteiger partial charge in [-0.05, 0) is 69.1 Å². The van der Waals surface area contributed by atoms with Crippen molar-refractivity contribution in [3.8, 4) is 0 Å². The third-order valence-corrected chi connectivity index (χ3v) is 5.80. The van der Waals surface area contributed by atoms with Gasteiger partial charge in [0.1, 0.15) is 0 Å². The molecule has 4 N–H and O–H groups in total. The van der Waals surface area contributed by atoms with Gasteiger partial charge in [0, 0.05) is 21.0 Å². The van der Waals surface area contributed by atoms with Crippen LogP contribution >= 0.6 is 31.9 Å². The third-order valence-electron chi connectivity index (χ3n) is 4.81. The molecule has 4 heteroatoms. The van der Waals surface area contributed by atoms with Gasteiger partial charge in [0.05, 0.1) is 0 Å². The smallest absolute Gasteiger partial charge is 0.0491 e. The summed E-state index contributed by atoms with van der Waals surface area (Å²) < 4.78 is 2.14. The van der Waals surface area contributed by atoms with Crippen molar-refractivity contribution in [2.24, 2.45) is 11.5 Å². The lowest BCUT2D eigenvalue weighted by Crippen LogP contribution is -2.26. The summed E-state index contributed by atoms with van der Waals surface area (Å²) in [7, 11) is 0. The van der Waals surface area contributed by atoms with E-state index in [1.54, 1.807) is 0 Å². The van der Waals surface area contributed by atoms with Gasteiger partial charge in [0.15, 0.2) is 0 Å². The summed E-state index contributed by atoms with van der Waals surface area (Å²) in [6, 6.07) is 24.5. The monoisotopic (exact) mass is 468 g/mol. The van der Waals surface area contributed by atoms with Gasteiger partial charge < -0.3 is 11.5 Å². The molecule has 4 aromatic carbocycles. The predicted octanol–water partition coefficient (Wildman–Crippen LogP) is 6.22. The summed E-state index contributed by atoms with van der Waals surface area (Å²) in [6.07, 6.45) is 0. The molecule has 0 aromatic heterocycles. The van der Waals surface area contributed by atoms with Crippen LogP contribution in [0.3, 0.4) is 0 Å². The summed E-state index contributed by atoms with van der Waals surface area (Å²) in [5.74, 6) is 0. The van der Waals surface area contributed by atoms with E-state index in [-0.39, 0.29) is 12.1 Å². The molecule has 130 valence electrons. The van der Waals surface area contributed by atoms with Crippen LogP contribution in [0.1, 0.15) is 23.2 Å². The zero-order valence-electron chi connectivity index (χ0n) is 14.0. The molecule has 0 saturated heterocycles. The van der Waals surface area contributed by atoms with Crippen molar-refractivity contribution in [2.45, 2.75) is 12.1 Å². The highest BCUT2D eigenvalue weighted by Gasteiger charge is 2.18. The Labute approximate surface area is 169 Å². The first-order chi connectivity index (χ1) is 12.5. The van der Waals surface area contributed by atoms with Crippen LogP contribution in [-0.4, -0.2) is 0 Å². The molecule has 2 nitrogen and oxygen atoms in total. The van der Waals surface area contributed by atoms with Crippen LogP contribution in [0.4, 0.5) is 0 Å². The fourth-order valence-electron chi connectivity index (χ4n) is 3.30. The molecule has 0 bridgehead atoms. The largest absolute Gasteiger partial charge is 0.322 e. The van der Waals surface area contributed by atoms with Gasteiger partial charge in [-0.25, -0.2) is 0 Å². The molecule has 2 atom stereocenters. The Kier molecular flexibility index (Phi) is 4.84. The maximum atomic E-state index is 6.52. The number of fused-ring (bicyclic) bond motifs is 2. The fourth-order valence-corrected chi connectivity index (χ4v) is 4.06. The highest BCUT2D eigenvalue weighted by molar-refractivity contribution is 9.10. The maximum Gasteiger partial charge on any atom is 0.0491 e. The van der Waals surface area contributed by atoms with E-state index in [4.69, 9.17) is 11.5 Å². The van der Waals surface area contributed by atoms with Gasteiger partial charge in [-0.1, -0.05) is 68.3 Å². The normalized spacial score (nSPS) is 13.8. The zero-order valence-corrected chi connectivity index (χ0v) is 17.2. The molecule has 0 fully saturated rings. The van der Waals surface area contributed by atoms with E-state index < -0.39 is 0 Å². The van der Waals surface area contributed by atoms with Crippen molar-refractivity contribution >= 4 is 53.4 Å². The number of hydrogen-bond acceptors (Lipinski definition) is 2. The molecule has 0 radical (unpaired) electrons.